The molecule has 4 aromatic rings. The van der Waals surface area contributed by atoms with Crippen LogP contribution in [0.4, 0.5) is 0 Å². The molecule has 3 aromatic carbocycles. The average Bonchev–Trinajstić information content (AvgIpc) is 3.19. The van der Waals surface area contributed by atoms with Crippen molar-refractivity contribution < 1.29 is 9.53 Å². The van der Waals surface area contributed by atoms with Gasteiger partial charge in [-0.15, -0.1) is 0 Å². The number of nitrogens with zero attached hydrogens (tertiary/aromatic N) is 2. The summed E-state index contributed by atoms with van der Waals surface area (Å²) in [5.74, 6) is 2.27. The van der Waals surface area contributed by atoms with E-state index < -0.39 is 0 Å². The molecule has 1 heterocycles. The Hall–Kier alpha value is -3.12. The zero-order valence-corrected chi connectivity index (χ0v) is 21.2. The number of imidazole rings is 1. The van der Waals surface area contributed by atoms with Crippen LogP contribution in [0.3, 0.4) is 0 Å². The summed E-state index contributed by atoms with van der Waals surface area (Å²) < 4.78 is 9.26. The topological polar surface area (TPSA) is 56.1 Å². The molecule has 1 N–H and O–H groups in total. The molecule has 0 aliphatic heterocycles. The first-order chi connectivity index (χ1) is 16.5. The Morgan fingerprint density at radius 3 is 2.68 bits per heavy atom. The maximum absolute atomic E-state index is 12.5. The molecule has 34 heavy (non-hydrogen) atoms. The first-order valence-electron chi connectivity index (χ1n) is 11.7. The largest absolute Gasteiger partial charge is 0.493 e. The van der Waals surface area contributed by atoms with Crippen molar-refractivity contribution in [3.8, 4) is 5.75 Å². The summed E-state index contributed by atoms with van der Waals surface area (Å²) in [4.78, 5) is 17.3. The van der Waals surface area contributed by atoms with Crippen LogP contribution in [0.2, 0.25) is 0 Å². The summed E-state index contributed by atoms with van der Waals surface area (Å²) in [6.07, 6.45) is 1.52. The Morgan fingerprint density at radius 2 is 1.85 bits per heavy atom. The molecule has 0 unspecified atom stereocenters. The molecule has 5 nitrogen and oxygen atoms in total. The lowest BCUT2D eigenvalue weighted by atomic mass is 10.0. The Bertz CT molecular complexity index is 1270. The molecular formula is C28H30BrN3O2. The summed E-state index contributed by atoms with van der Waals surface area (Å²) >= 11 is 3.42. The molecule has 0 aliphatic carbocycles. The molecule has 1 aromatic heterocycles. The van der Waals surface area contributed by atoms with Crippen LogP contribution in [0.5, 0.6) is 5.75 Å². The lowest BCUT2D eigenvalue weighted by molar-refractivity contribution is 0.0954. The molecule has 0 aliphatic rings. The number of hydrogen-bond donors (Lipinski definition) is 1. The number of ether oxygens (including phenoxy) is 1. The number of aromatic nitrogens is 2. The van der Waals surface area contributed by atoms with E-state index in [9.17, 15) is 4.79 Å². The van der Waals surface area contributed by atoms with Crippen LogP contribution in [0.15, 0.2) is 77.3 Å². The van der Waals surface area contributed by atoms with Crippen LogP contribution < -0.4 is 10.1 Å². The van der Waals surface area contributed by atoms with Crippen molar-refractivity contribution in [1.29, 1.82) is 0 Å². The number of nitrogens with one attached hydrogen (secondary N) is 1. The van der Waals surface area contributed by atoms with Crippen molar-refractivity contribution in [1.82, 2.24) is 14.9 Å². The third-order valence-corrected chi connectivity index (χ3v) is 6.27. The normalized spacial score (nSPS) is 11.2. The third-order valence-electron chi connectivity index (χ3n) is 5.78. The fraction of sp³-hybridized carbons (Fsp3) is 0.286. The van der Waals surface area contributed by atoms with Crippen molar-refractivity contribution in [2.24, 2.45) is 0 Å². The monoisotopic (exact) mass is 519 g/mol. The molecule has 0 spiro atoms. The molecule has 176 valence electrons. The Labute approximate surface area is 209 Å². The fourth-order valence-corrected chi connectivity index (χ4v) is 4.48. The van der Waals surface area contributed by atoms with Crippen LogP contribution in [-0.2, 0) is 13.0 Å². The van der Waals surface area contributed by atoms with E-state index in [1.807, 2.05) is 54.6 Å². The third kappa shape index (κ3) is 5.86. The number of amides is 1. The first-order valence-corrected chi connectivity index (χ1v) is 12.5. The van der Waals surface area contributed by atoms with Gasteiger partial charge >= 0.3 is 0 Å². The van der Waals surface area contributed by atoms with Gasteiger partial charge in [0.25, 0.3) is 5.91 Å². The number of halogens is 1. The number of carbonyl (C=O) groups is 1. The summed E-state index contributed by atoms with van der Waals surface area (Å²) in [7, 11) is 0. The number of benzene rings is 3. The molecule has 4 rings (SSSR count). The van der Waals surface area contributed by atoms with Gasteiger partial charge in [-0.1, -0.05) is 66.2 Å². The molecule has 6 heteroatoms. The summed E-state index contributed by atoms with van der Waals surface area (Å²) in [5.41, 5.74) is 3.96. The summed E-state index contributed by atoms with van der Waals surface area (Å²) in [5, 5.41) is 3.01. The molecule has 0 atom stereocenters. The molecular weight excluding hydrogens is 490 g/mol. The number of carbonyl (C=O) groups excluding carboxylic acids is 1. The van der Waals surface area contributed by atoms with Crippen molar-refractivity contribution in [2.45, 2.75) is 39.2 Å². The molecule has 1 amide bonds. The summed E-state index contributed by atoms with van der Waals surface area (Å²) in [6.45, 7) is 6.32. The van der Waals surface area contributed by atoms with Gasteiger partial charge in [0.15, 0.2) is 0 Å². The van der Waals surface area contributed by atoms with E-state index in [0.29, 0.717) is 31.1 Å². The number of hydrogen-bond acceptors (Lipinski definition) is 3. The zero-order chi connectivity index (χ0) is 23.9. The second-order valence-corrected chi connectivity index (χ2v) is 9.49. The maximum atomic E-state index is 12.5. The summed E-state index contributed by atoms with van der Waals surface area (Å²) in [6, 6.07) is 23.8. The van der Waals surface area contributed by atoms with Crippen molar-refractivity contribution >= 4 is 32.9 Å². The lowest BCUT2D eigenvalue weighted by Gasteiger charge is -2.14. The van der Waals surface area contributed by atoms with Crippen molar-refractivity contribution in [3.05, 3.63) is 94.2 Å². The predicted molar refractivity (Wildman–Crippen MR) is 141 cm³/mol. The van der Waals surface area contributed by atoms with Gasteiger partial charge < -0.3 is 14.6 Å². The fourth-order valence-electron chi connectivity index (χ4n) is 4.08. The minimum Gasteiger partial charge on any atom is -0.493 e. The van der Waals surface area contributed by atoms with Crippen LogP contribution in [0.1, 0.15) is 47.9 Å². The maximum Gasteiger partial charge on any atom is 0.251 e. The van der Waals surface area contributed by atoms with Crippen LogP contribution in [0, 0.1) is 0 Å². The highest BCUT2D eigenvalue weighted by Gasteiger charge is 2.12. The van der Waals surface area contributed by atoms with E-state index in [4.69, 9.17) is 9.72 Å². The van der Waals surface area contributed by atoms with Crippen molar-refractivity contribution in [2.75, 3.05) is 13.2 Å². The van der Waals surface area contributed by atoms with E-state index in [1.54, 1.807) is 0 Å². The predicted octanol–water partition coefficient (Wildman–Crippen LogP) is 6.36. The lowest BCUT2D eigenvalue weighted by Crippen LogP contribution is -2.26. The van der Waals surface area contributed by atoms with Crippen LogP contribution in [0.25, 0.3) is 11.0 Å². The average molecular weight is 520 g/mol. The molecule has 0 bridgehead atoms. The standard InChI is InChI=1S/C28H30BrN3O2/c1-20(2)23-11-3-6-14-26(23)34-18-8-17-32-25-13-5-4-12-24(25)31-27(32)15-16-30-28(33)21-9-7-10-22(29)19-21/h3-7,9-14,19-20H,8,15-18H2,1-2H3,(H,30,33). The van der Waals surface area contributed by atoms with Gasteiger partial charge in [-0.25, -0.2) is 4.98 Å². The molecule has 0 fully saturated rings. The van der Waals surface area contributed by atoms with Gasteiger partial charge in [0.05, 0.1) is 17.6 Å². The van der Waals surface area contributed by atoms with Gasteiger partial charge in [0.2, 0.25) is 0 Å². The highest BCUT2D eigenvalue weighted by Crippen LogP contribution is 2.26. The van der Waals surface area contributed by atoms with E-state index in [0.717, 1.165) is 40.0 Å². The van der Waals surface area contributed by atoms with Crippen molar-refractivity contribution in [3.63, 3.8) is 0 Å². The van der Waals surface area contributed by atoms with E-state index in [1.165, 1.54) is 5.56 Å². The number of para-hydroxylation sites is 3. The van der Waals surface area contributed by atoms with Gasteiger partial charge in [-0.2, -0.15) is 0 Å². The van der Waals surface area contributed by atoms with E-state index in [2.05, 4.69) is 57.9 Å². The second kappa shape index (κ2) is 11.3. The highest BCUT2D eigenvalue weighted by molar-refractivity contribution is 9.10. The molecule has 0 saturated heterocycles. The van der Waals surface area contributed by atoms with Crippen LogP contribution >= 0.6 is 15.9 Å². The minimum atomic E-state index is -0.0822. The van der Waals surface area contributed by atoms with Gasteiger partial charge in [0.1, 0.15) is 11.6 Å². The molecule has 0 saturated carbocycles. The highest BCUT2D eigenvalue weighted by atomic mass is 79.9. The zero-order valence-electron chi connectivity index (χ0n) is 19.6. The SMILES string of the molecule is CC(C)c1ccccc1OCCCn1c(CCNC(=O)c2cccc(Br)c2)nc2ccccc21. The van der Waals surface area contributed by atoms with E-state index >= 15 is 0 Å². The Kier molecular flexibility index (Phi) is 8.01. The minimum absolute atomic E-state index is 0.0822. The Balaban J connectivity index is 1.39. The smallest absolute Gasteiger partial charge is 0.251 e. The number of fused-ring (bicyclic) bond motifs is 1. The van der Waals surface area contributed by atoms with Crippen LogP contribution in [-0.4, -0.2) is 28.6 Å². The molecule has 0 radical (unpaired) electrons. The van der Waals surface area contributed by atoms with Gasteiger partial charge in [0, 0.05) is 29.5 Å². The quantitative estimate of drug-likeness (QED) is 0.248. The number of rotatable bonds is 10. The van der Waals surface area contributed by atoms with E-state index in [-0.39, 0.29) is 5.91 Å². The first kappa shape index (κ1) is 24.0. The Morgan fingerprint density at radius 1 is 1.06 bits per heavy atom. The van der Waals surface area contributed by atoms with Gasteiger partial charge in [-0.3, -0.25) is 4.79 Å². The van der Waals surface area contributed by atoms with Gasteiger partial charge in [-0.05, 0) is 54.3 Å². The second-order valence-electron chi connectivity index (χ2n) is 8.58. The number of aryl methyl sites for hydroxylation is 1.